The molecule has 3 nitrogen and oxygen atoms in total. The van der Waals surface area contributed by atoms with Crippen LogP contribution in [0.25, 0.3) is 0 Å². The maximum atomic E-state index is 13.6. The number of anilines is 1. The van der Waals surface area contributed by atoms with E-state index < -0.39 is 18.6 Å². The fraction of sp³-hybridized carbons (Fsp3) is 0.235. The molecule has 2 rings (SSSR count). The third kappa shape index (κ3) is 4.62. The van der Waals surface area contributed by atoms with E-state index in [1.165, 1.54) is 24.3 Å². The molecule has 1 atom stereocenters. The Hall–Kier alpha value is -2.75. The van der Waals surface area contributed by atoms with Crippen LogP contribution in [0.2, 0.25) is 0 Å². The Balaban J connectivity index is 2.07. The molecule has 0 fully saturated rings. The van der Waals surface area contributed by atoms with Gasteiger partial charge in [-0.2, -0.15) is 18.4 Å². The standard InChI is InChI=1S/C17H14F4N2O/c1-11(23-16-4-2-3-15(18)14(16)9-22)12-5-7-13(8-6-12)24-10-17(19,20)21/h2-8,11,23H,10H2,1H3. The summed E-state index contributed by atoms with van der Waals surface area (Å²) in [6, 6.07) is 11.8. The van der Waals surface area contributed by atoms with Gasteiger partial charge in [0.15, 0.2) is 6.61 Å². The number of halogens is 4. The van der Waals surface area contributed by atoms with Crippen molar-refractivity contribution in [1.82, 2.24) is 0 Å². The summed E-state index contributed by atoms with van der Waals surface area (Å²) in [5.74, 6) is -0.516. The number of hydrogen-bond donors (Lipinski definition) is 1. The van der Waals surface area contributed by atoms with Crippen molar-refractivity contribution < 1.29 is 22.3 Å². The van der Waals surface area contributed by atoms with E-state index in [0.717, 1.165) is 5.56 Å². The van der Waals surface area contributed by atoms with Gasteiger partial charge < -0.3 is 10.1 Å². The van der Waals surface area contributed by atoms with Crippen LogP contribution in [0.1, 0.15) is 24.1 Å². The molecule has 0 spiro atoms. The average molecular weight is 338 g/mol. The average Bonchev–Trinajstić information content (AvgIpc) is 2.53. The predicted molar refractivity (Wildman–Crippen MR) is 81.1 cm³/mol. The Morgan fingerprint density at radius 3 is 2.42 bits per heavy atom. The molecule has 1 unspecified atom stereocenters. The van der Waals surface area contributed by atoms with Gasteiger partial charge in [-0.05, 0) is 36.8 Å². The molecule has 0 radical (unpaired) electrons. The zero-order chi connectivity index (χ0) is 17.7. The molecule has 0 amide bonds. The molecule has 0 heterocycles. The molecule has 2 aromatic rings. The van der Waals surface area contributed by atoms with Gasteiger partial charge in [0.05, 0.1) is 5.69 Å². The van der Waals surface area contributed by atoms with Crippen LogP contribution in [-0.4, -0.2) is 12.8 Å². The van der Waals surface area contributed by atoms with Gasteiger partial charge in [0, 0.05) is 6.04 Å². The summed E-state index contributed by atoms with van der Waals surface area (Å²) < 4.78 is 54.5. The molecule has 0 bridgehead atoms. The molecule has 24 heavy (non-hydrogen) atoms. The topological polar surface area (TPSA) is 45.0 Å². The van der Waals surface area contributed by atoms with Gasteiger partial charge in [-0.3, -0.25) is 0 Å². The second-order valence-electron chi connectivity index (χ2n) is 5.11. The molecule has 0 aliphatic carbocycles. The van der Waals surface area contributed by atoms with Crippen LogP contribution in [0.4, 0.5) is 23.2 Å². The summed E-state index contributed by atoms with van der Waals surface area (Å²) in [6.07, 6.45) is -4.39. The lowest BCUT2D eigenvalue weighted by molar-refractivity contribution is -0.153. The fourth-order valence-electron chi connectivity index (χ4n) is 2.09. The normalized spacial score (nSPS) is 12.3. The van der Waals surface area contributed by atoms with E-state index >= 15 is 0 Å². The van der Waals surface area contributed by atoms with Gasteiger partial charge in [0.2, 0.25) is 0 Å². The monoisotopic (exact) mass is 338 g/mol. The Morgan fingerprint density at radius 1 is 1.17 bits per heavy atom. The highest BCUT2D eigenvalue weighted by Crippen LogP contribution is 2.25. The molecule has 2 aromatic carbocycles. The second kappa shape index (κ2) is 7.21. The maximum absolute atomic E-state index is 13.6. The van der Waals surface area contributed by atoms with Gasteiger partial charge in [-0.1, -0.05) is 18.2 Å². The lowest BCUT2D eigenvalue weighted by Crippen LogP contribution is -2.19. The van der Waals surface area contributed by atoms with E-state index in [1.807, 2.05) is 0 Å². The quantitative estimate of drug-likeness (QED) is 0.796. The van der Waals surface area contributed by atoms with Crippen LogP contribution in [0.3, 0.4) is 0 Å². The Labute approximate surface area is 136 Å². The number of ether oxygens (including phenoxy) is 1. The minimum atomic E-state index is -4.39. The largest absolute Gasteiger partial charge is 0.484 e. The van der Waals surface area contributed by atoms with Gasteiger partial charge in [-0.25, -0.2) is 4.39 Å². The summed E-state index contributed by atoms with van der Waals surface area (Å²) in [5.41, 5.74) is 1.01. The van der Waals surface area contributed by atoms with Crippen molar-refractivity contribution in [2.45, 2.75) is 19.1 Å². The molecule has 0 aliphatic heterocycles. The van der Waals surface area contributed by atoms with Crippen molar-refractivity contribution in [3.63, 3.8) is 0 Å². The fourth-order valence-corrected chi connectivity index (χ4v) is 2.09. The van der Waals surface area contributed by atoms with Crippen molar-refractivity contribution in [2.75, 3.05) is 11.9 Å². The smallest absolute Gasteiger partial charge is 0.422 e. The van der Waals surface area contributed by atoms with E-state index in [-0.39, 0.29) is 17.4 Å². The lowest BCUT2D eigenvalue weighted by Gasteiger charge is -2.17. The summed E-state index contributed by atoms with van der Waals surface area (Å²) >= 11 is 0. The first-order valence-electron chi connectivity index (χ1n) is 7.05. The van der Waals surface area contributed by atoms with Gasteiger partial charge in [0.25, 0.3) is 0 Å². The zero-order valence-electron chi connectivity index (χ0n) is 12.7. The van der Waals surface area contributed by atoms with Crippen LogP contribution in [-0.2, 0) is 0 Å². The molecule has 0 aromatic heterocycles. The SMILES string of the molecule is CC(Nc1cccc(F)c1C#N)c1ccc(OCC(F)(F)F)cc1. The van der Waals surface area contributed by atoms with Crippen LogP contribution in [0, 0.1) is 17.1 Å². The Bertz CT molecular complexity index is 736. The van der Waals surface area contributed by atoms with Crippen LogP contribution in [0.5, 0.6) is 5.75 Å². The van der Waals surface area contributed by atoms with Crippen LogP contribution < -0.4 is 10.1 Å². The number of nitriles is 1. The van der Waals surface area contributed by atoms with Crippen LogP contribution in [0.15, 0.2) is 42.5 Å². The number of nitrogens with one attached hydrogen (secondary N) is 1. The summed E-state index contributed by atoms with van der Waals surface area (Å²) in [7, 11) is 0. The minimum absolute atomic E-state index is 0.0884. The Kier molecular flexibility index (Phi) is 5.29. The highest BCUT2D eigenvalue weighted by Gasteiger charge is 2.28. The number of rotatable bonds is 5. The van der Waals surface area contributed by atoms with Crippen molar-refractivity contribution in [3.8, 4) is 11.8 Å². The van der Waals surface area contributed by atoms with Gasteiger partial charge >= 0.3 is 6.18 Å². The van der Waals surface area contributed by atoms with E-state index in [1.54, 1.807) is 31.2 Å². The molecule has 0 saturated carbocycles. The number of hydrogen-bond acceptors (Lipinski definition) is 3. The second-order valence-corrected chi connectivity index (χ2v) is 5.11. The molecular weight excluding hydrogens is 324 g/mol. The first kappa shape index (κ1) is 17.6. The summed E-state index contributed by atoms with van der Waals surface area (Å²) in [6.45, 7) is 0.437. The number of benzene rings is 2. The van der Waals surface area contributed by atoms with Crippen molar-refractivity contribution in [3.05, 3.63) is 59.4 Å². The molecule has 7 heteroatoms. The van der Waals surface area contributed by atoms with E-state index in [2.05, 4.69) is 10.1 Å². The van der Waals surface area contributed by atoms with E-state index in [4.69, 9.17) is 5.26 Å². The maximum Gasteiger partial charge on any atom is 0.422 e. The van der Waals surface area contributed by atoms with Crippen molar-refractivity contribution in [1.29, 1.82) is 5.26 Å². The van der Waals surface area contributed by atoms with E-state index in [0.29, 0.717) is 5.69 Å². The molecule has 0 aliphatic rings. The lowest BCUT2D eigenvalue weighted by atomic mass is 10.1. The van der Waals surface area contributed by atoms with Crippen molar-refractivity contribution >= 4 is 5.69 Å². The third-order valence-corrected chi connectivity index (χ3v) is 3.28. The number of alkyl halides is 3. The van der Waals surface area contributed by atoms with Crippen molar-refractivity contribution in [2.24, 2.45) is 0 Å². The highest BCUT2D eigenvalue weighted by atomic mass is 19.4. The first-order valence-corrected chi connectivity index (χ1v) is 7.05. The molecule has 1 N–H and O–H groups in total. The zero-order valence-corrected chi connectivity index (χ0v) is 12.7. The molecule has 126 valence electrons. The third-order valence-electron chi connectivity index (χ3n) is 3.28. The molecule has 0 saturated heterocycles. The van der Waals surface area contributed by atoms with Crippen LogP contribution >= 0.6 is 0 Å². The summed E-state index contributed by atoms with van der Waals surface area (Å²) in [4.78, 5) is 0. The summed E-state index contributed by atoms with van der Waals surface area (Å²) in [5, 5.41) is 12.0. The first-order chi connectivity index (χ1) is 11.3. The van der Waals surface area contributed by atoms with E-state index in [9.17, 15) is 17.6 Å². The van der Waals surface area contributed by atoms with Gasteiger partial charge in [-0.15, -0.1) is 0 Å². The highest BCUT2D eigenvalue weighted by molar-refractivity contribution is 5.58. The number of nitrogens with zero attached hydrogens (tertiary/aromatic N) is 1. The minimum Gasteiger partial charge on any atom is -0.484 e. The molecular formula is C17H14F4N2O. The van der Waals surface area contributed by atoms with Gasteiger partial charge in [0.1, 0.15) is 23.2 Å². The Morgan fingerprint density at radius 2 is 1.83 bits per heavy atom. The predicted octanol–water partition coefficient (Wildman–Crippen LogP) is 4.81.